The number of amides is 2. The van der Waals surface area contributed by atoms with Gasteiger partial charge in [0.25, 0.3) is 0 Å². The predicted molar refractivity (Wildman–Crippen MR) is 93.1 cm³/mol. The van der Waals surface area contributed by atoms with E-state index in [1.165, 1.54) is 4.90 Å². The molecule has 6 heteroatoms. The van der Waals surface area contributed by atoms with Crippen molar-refractivity contribution in [1.82, 2.24) is 4.98 Å². The highest BCUT2D eigenvalue weighted by molar-refractivity contribution is 6.23. The first-order chi connectivity index (χ1) is 12.4. The summed E-state index contributed by atoms with van der Waals surface area (Å²) in [5.41, 5.74) is -0.252. The molecule has 0 N–H and O–H groups in total. The lowest BCUT2D eigenvalue weighted by molar-refractivity contribution is -0.129. The van der Waals surface area contributed by atoms with Gasteiger partial charge in [0.05, 0.1) is 34.1 Å². The van der Waals surface area contributed by atoms with Gasteiger partial charge >= 0.3 is 0 Å². The molecular weight excluding hydrogens is 330 g/mol. The fourth-order valence-corrected chi connectivity index (χ4v) is 5.05. The topological polar surface area (TPSA) is 83.3 Å². The van der Waals surface area contributed by atoms with E-state index in [1.807, 2.05) is 19.9 Å². The zero-order valence-electron chi connectivity index (χ0n) is 14.5. The summed E-state index contributed by atoms with van der Waals surface area (Å²) in [5.74, 6) is -1.12. The van der Waals surface area contributed by atoms with E-state index in [2.05, 4.69) is 11.1 Å². The Morgan fingerprint density at radius 1 is 1.12 bits per heavy atom. The molecule has 0 saturated carbocycles. The molecule has 3 saturated heterocycles. The van der Waals surface area contributed by atoms with E-state index in [4.69, 9.17) is 4.74 Å². The van der Waals surface area contributed by atoms with E-state index in [0.717, 1.165) is 18.2 Å². The van der Waals surface area contributed by atoms with Crippen LogP contribution in [0.5, 0.6) is 0 Å². The molecule has 130 valence electrons. The third-order valence-corrected chi connectivity index (χ3v) is 6.26. The predicted octanol–water partition coefficient (Wildman–Crippen LogP) is 2.55. The van der Waals surface area contributed by atoms with Gasteiger partial charge in [0.15, 0.2) is 0 Å². The minimum Gasteiger partial charge on any atom is -0.367 e. The molecule has 4 atom stereocenters. The number of nitriles is 1. The van der Waals surface area contributed by atoms with Gasteiger partial charge in [-0.1, -0.05) is 12.1 Å². The van der Waals surface area contributed by atoms with E-state index in [0.29, 0.717) is 11.1 Å². The lowest BCUT2D eigenvalue weighted by Gasteiger charge is -2.27. The van der Waals surface area contributed by atoms with E-state index in [-0.39, 0.29) is 17.6 Å². The lowest BCUT2D eigenvalue weighted by Crippen LogP contribution is -2.40. The van der Waals surface area contributed by atoms with Gasteiger partial charge in [0.2, 0.25) is 11.8 Å². The molecule has 3 fully saturated rings. The second-order valence-electron chi connectivity index (χ2n) is 7.85. The largest absolute Gasteiger partial charge is 0.367 e. The summed E-state index contributed by atoms with van der Waals surface area (Å²) >= 11 is 0. The number of para-hydroxylation sites is 1. The first kappa shape index (κ1) is 15.5. The van der Waals surface area contributed by atoms with Crippen molar-refractivity contribution in [3.8, 4) is 6.07 Å². The van der Waals surface area contributed by atoms with Crippen LogP contribution in [-0.2, 0) is 14.3 Å². The van der Waals surface area contributed by atoms with Gasteiger partial charge in [-0.25, -0.2) is 9.88 Å². The van der Waals surface area contributed by atoms with E-state index in [1.54, 1.807) is 24.3 Å². The van der Waals surface area contributed by atoms with Crippen molar-refractivity contribution in [3.63, 3.8) is 0 Å². The Labute approximate surface area is 150 Å². The van der Waals surface area contributed by atoms with Crippen molar-refractivity contribution in [2.75, 3.05) is 4.90 Å². The number of ether oxygens (including phenoxy) is 1. The lowest BCUT2D eigenvalue weighted by atomic mass is 9.69. The Bertz CT molecular complexity index is 1010. The maximum absolute atomic E-state index is 13.1. The summed E-state index contributed by atoms with van der Waals surface area (Å²) in [6.45, 7) is 3.86. The number of aromatic nitrogens is 1. The number of hydrogen-bond donors (Lipinski definition) is 0. The molecule has 0 spiro atoms. The highest BCUT2D eigenvalue weighted by Gasteiger charge is 2.72. The number of benzene rings is 1. The van der Waals surface area contributed by atoms with Crippen LogP contribution in [0.2, 0.25) is 0 Å². The molecule has 2 aromatic rings. The van der Waals surface area contributed by atoms with Gasteiger partial charge in [0, 0.05) is 5.39 Å². The monoisotopic (exact) mass is 347 g/mol. The molecule has 0 aliphatic carbocycles. The number of rotatable bonds is 1. The van der Waals surface area contributed by atoms with Crippen LogP contribution in [0, 0.1) is 23.2 Å². The number of pyridine rings is 1. The Morgan fingerprint density at radius 2 is 1.77 bits per heavy atom. The molecule has 1 aromatic heterocycles. The smallest absolute Gasteiger partial charge is 0.241 e. The molecule has 5 rings (SSSR count). The summed E-state index contributed by atoms with van der Waals surface area (Å²) in [6.07, 6.45) is 1.56. The number of carbonyl (C=O) groups excluding carboxylic acids is 2. The highest BCUT2D eigenvalue weighted by atomic mass is 16.5. The third kappa shape index (κ3) is 1.71. The van der Waals surface area contributed by atoms with Gasteiger partial charge in [-0.2, -0.15) is 5.26 Å². The average molecular weight is 347 g/mol. The summed E-state index contributed by atoms with van der Waals surface area (Å²) in [6, 6.07) is 10.9. The first-order valence-electron chi connectivity index (χ1n) is 8.76. The SMILES string of the molecule is CC12CCC(C)(O1)C1C(=O)N(c3ccc4cccc(C#N)c4n3)C(=O)C12. The zero-order valence-corrected chi connectivity index (χ0v) is 14.5. The number of carbonyl (C=O) groups is 2. The Morgan fingerprint density at radius 3 is 2.38 bits per heavy atom. The van der Waals surface area contributed by atoms with Gasteiger partial charge in [-0.05, 0) is 44.9 Å². The van der Waals surface area contributed by atoms with E-state index < -0.39 is 23.0 Å². The highest BCUT2D eigenvalue weighted by Crippen LogP contribution is 2.60. The summed E-state index contributed by atoms with van der Waals surface area (Å²) < 4.78 is 6.11. The number of fused-ring (bicyclic) bond motifs is 6. The van der Waals surface area contributed by atoms with Crippen LogP contribution in [0.25, 0.3) is 10.9 Å². The fraction of sp³-hybridized carbons (Fsp3) is 0.400. The second kappa shape index (κ2) is 4.68. The minimum absolute atomic E-state index is 0.243. The average Bonchev–Trinajstić information content (AvgIpc) is 3.18. The molecule has 4 heterocycles. The maximum atomic E-state index is 13.1. The van der Waals surface area contributed by atoms with Crippen LogP contribution in [0.3, 0.4) is 0 Å². The summed E-state index contributed by atoms with van der Waals surface area (Å²) in [7, 11) is 0. The normalized spacial score (nSPS) is 35.2. The van der Waals surface area contributed by atoms with Crippen LogP contribution in [-0.4, -0.2) is 28.0 Å². The van der Waals surface area contributed by atoms with Crippen LogP contribution >= 0.6 is 0 Å². The molecule has 1 aromatic carbocycles. The molecular formula is C20H17N3O3. The number of nitrogens with zero attached hydrogens (tertiary/aromatic N) is 3. The van der Waals surface area contributed by atoms with Crippen LogP contribution in [0.1, 0.15) is 32.3 Å². The molecule has 2 bridgehead atoms. The maximum Gasteiger partial charge on any atom is 0.241 e. The van der Waals surface area contributed by atoms with Crippen LogP contribution in [0.4, 0.5) is 5.82 Å². The Balaban J connectivity index is 1.64. The quantitative estimate of drug-likeness (QED) is 0.740. The van der Waals surface area contributed by atoms with Crippen LogP contribution < -0.4 is 4.90 Å². The van der Waals surface area contributed by atoms with Gasteiger partial charge < -0.3 is 4.74 Å². The second-order valence-corrected chi connectivity index (χ2v) is 7.85. The molecule has 2 amide bonds. The van der Waals surface area contributed by atoms with Gasteiger partial charge in [0.1, 0.15) is 11.9 Å². The van der Waals surface area contributed by atoms with Gasteiger partial charge in [-0.3, -0.25) is 9.59 Å². The number of imide groups is 1. The number of hydrogen-bond acceptors (Lipinski definition) is 5. The standard InChI is InChI=1S/C20H17N3O3/c1-19-8-9-20(2,26-19)15-14(19)17(24)23(18(15)25)13-7-6-11-4-3-5-12(10-21)16(11)22-13/h3-7,14-15H,8-9H2,1-2H3. The molecule has 3 aliphatic rings. The van der Waals surface area contributed by atoms with Crippen molar-refractivity contribution >= 4 is 28.5 Å². The van der Waals surface area contributed by atoms with E-state index in [9.17, 15) is 14.9 Å². The molecule has 3 aliphatic heterocycles. The van der Waals surface area contributed by atoms with Crippen molar-refractivity contribution < 1.29 is 14.3 Å². The van der Waals surface area contributed by atoms with Crippen molar-refractivity contribution in [1.29, 1.82) is 5.26 Å². The molecule has 0 radical (unpaired) electrons. The van der Waals surface area contributed by atoms with Crippen molar-refractivity contribution in [2.24, 2.45) is 11.8 Å². The Kier molecular flexibility index (Phi) is 2.79. The molecule has 26 heavy (non-hydrogen) atoms. The van der Waals surface area contributed by atoms with Crippen molar-refractivity contribution in [2.45, 2.75) is 37.9 Å². The van der Waals surface area contributed by atoms with Crippen LogP contribution in [0.15, 0.2) is 30.3 Å². The molecule has 4 unspecified atom stereocenters. The first-order valence-corrected chi connectivity index (χ1v) is 8.76. The van der Waals surface area contributed by atoms with E-state index >= 15 is 0 Å². The molecule has 6 nitrogen and oxygen atoms in total. The Hall–Kier alpha value is -2.78. The van der Waals surface area contributed by atoms with Crippen molar-refractivity contribution in [3.05, 3.63) is 35.9 Å². The summed E-state index contributed by atoms with van der Waals surface area (Å²) in [5, 5.41) is 10.1. The third-order valence-electron chi connectivity index (χ3n) is 6.26. The minimum atomic E-state index is -0.588. The fourth-order valence-electron chi connectivity index (χ4n) is 5.05. The zero-order chi connectivity index (χ0) is 18.3. The summed E-state index contributed by atoms with van der Waals surface area (Å²) in [4.78, 5) is 32.0. The number of anilines is 1. The van der Waals surface area contributed by atoms with Gasteiger partial charge in [-0.15, -0.1) is 0 Å².